The summed E-state index contributed by atoms with van der Waals surface area (Å²) in [4.78, 5) is 73.2. The SMILES string of the molecule is COc1ccccc1S(=O)(=O)N(C)CC1Oc2c(NC(=O)CNc3cccc4ccccc34)cccc2C(=O)N(C(C)COCn2c(=O)oc3cc(S(=O)(=O)N(C)CC4Oc5c(NC(=O)Nc6cccc7ccccc67)cccc5C(=O)N(C(C)CO)CC4C)ccc32)CC1C. The second-order valence-corrected chi connectivity index (χ2v) is 28.2. The number of oxazole rings is 1. The highest BCUT2D eigenvalue weighted by Gasteiger charge is 2.39. The van der Waals surface area contributed by atoms with Gasteiger partial charge in [0.1, 0.15) is 29.6 Å². The van der Waals surface area contributed by atoms with E-state index in [0.29, 0.717) is 5.69 Å². The van der Waals surface area contributed by atoms with Gasteiger partial charge >= 0.3 is 11.8 Å². The van der Waals surface area contributed by atoms with Crippen LogP contribution in [0.4, 0.5) is 27.5 Å². The van der Waals surface area contributed by atoms with Crippen molar-refractivity contribution >= 4 is 99.2 Å². The smallest absolute Gasteiger partial charge is 0.421 e. The Bertz CT molecular complexity index is 4710. The monoisotopic (exact) mass is 1350 g/mol. The molecule has 0 fully saturated rings. The van der Waals surface area contributed by atoms with Crippen LogP contribution in [0, 0.1) is 11.8 Å². The number of hydrogen-bond acceptors (Lipinski definition) is 16. The first-order valence-electron chi connectivity index (χ1n) is 31.2. The first-order valence-corrected chi connectivity index (χ1v) is 34.1. The number of urea groups is 1. The highest BCUT2D eigenvalue weighted by molar-refractivity contribution is 7.89. The number of anilines is 4. The van der Waals surface area contributed by atoms with Gasteiger partial charge in [-0.1, -0.05) is 111 Å². The predicted molar refractivity (Wildman–Crippen MR) is 365 cm³/mol. The lowest BCUT2D eigenvalue weighted by Gasteiger charge is -2.38. The van der Waals surface area contributed by atoms with Gasteiger partial charge in [-0.2, -0.15) is 8.61 Å². The Morgan fingerprint density at radius 2 is 1.14 bits per heavy atom. The summed E-state index contributed by atoms with van der Waals surface area (Å²) in [6, 6.07) is 44.2. The Labute approximate surface area is 555 Å². The maximum atomic E-state index is 14.9. The number of carbonyl (C=O) groups is 4. The molecular weight excluding hydrogens is 1270 g/mol. The molecule has 0 aliphatic carbocycles. The molecule has 5 amide bonds. The third-order valence-electron chi connectivity index (χ3n) is 17.5. The van der Waals surface area contributed by atoms with Crippen LogP contribution in [-0.2, 0) is 36.3 Å². The number of para-hydroxylation sites is 3. The van der Waals surface area contributed by atoms with E-state index in [2.05, 4.69) is 21.3 Å². The number of aromatic nitrogens is 1. The lowest BCUT2D eigenvalue weighted by molar-refractivity contribution is -0.114. The van der Waals surface area contributed by atoms with E-state index >= 15 is 0 Å². The van der Waals surface area contributed by atoms with Gasteiger partial charge in [0.2, 0.25) is 26.0 Å². The molecule has 26 heteroatoms. The van der Waals surface area contributed by atoms with Gasteiger partial charge in [0.05, 0.1) is 90.6 Å². The quantitative estimate of drug-likeness (QED) is 0.0422. The van der Waals surface area contributed by atoms with Crippen molar-refractivity contribution in [3.63, 3.8) is 0 Å². The Balaban J connectivity index is 0.801. The fourth-order valence-corrected chi connectivity index (χ4v) is 14.5. The third kappa shape index (κ3) is 14.1. The van der Waals surface area contributed by atoms with Crippen LogP contribution < -0.4 is 41.2 Å². The molecule has 11 rings (SSSR count). The number of sulfonamides is 2. The third-order valence-corrected chi connectivity index (χ3v) is 21.1. The Kier molecular flexibility index (Phi) is 20.2. The zero-order chi connectivity index (χ0) is 68.2. The number of benzene rings is 8. The van der Waals surface area contributed by atoms with E-state index in [-0.39, 0.29) is 113 Å². The number of fused-ring (bicyclic) bond motifs is 5. The summed E-state index contributed by atoms with van der Waals surface area (Å²) in [5, 5.41) is 25.7. The zero-order valence-electron chi connectivity index (χ0n) is 53.9. The van der Waals surface area contributed by atoms with Crippen molar-refractivity contribution in [1.29, 1.82) is 0 Å². The minimum Gasteiger partial charge on any atom is -0.495 e. The second kappa shape index (κ2) is 28.6. The summed E-state index contributed by atoms with van der Waals surface area (Å²) in [5.74, 6) is -3.18. The first kappa shape index (κ1) is 67.6. The molecule has 2 aliphatic rings. The maximum Gasteiger partial charge on any atom is 0.421 e. The summed E-state index contributed by atoms with van der Waals surface area (Å²) >= 11 is 0. The molecule has 3 heterocycles. The molecule has 5 N–H and O–H groups in total. The summed E-state index contributed by atoms with van der Waals surface area (Å²) in [6.45, 7) is 5.70. The first-order chi connectivity index (χ1) is 46.0. The fourth-order valence-electron chi connectivity index (χ4n) is 12.0. The largest absolute Gasteiger partial charge is 0.495 e. The molecule has 1 aromatic heterocycles. The summed E-state index contributed by atoms with van der Waals surface area (Å²) in [7, 11) is -4.39. The van der Waals surface area contributed by atoms with Crippen LogP contribution in [0.1, 0.15) is 48.4 Å². The highest BCUT2D eigenvalue weighted by Crippen LogP contribution is 2.39. The molecule has 6 unspecified atom stereocenters. The molecular formula is C70H75N9O15S2. The van der Waals surface area contributed by atoms with E-state index in [1.54, 1.807) is 80.3 Å². The van der Waals surface area contributed by atoms with E-state index in [1.807, 2.05) is 85.8 Å². The van der Waals surface area contributed by atoms with Crippen molar-refractivity contribution in [3.05, 3.63) is 185 Å². The van der Waals surface area contributed by atoms with Gasteiger partial charge in [-0.15, -0.1) is 0 Å². The number of likely N-dealkylation sites (N-methyl/N-ethyl adjacent to an activating group) is 2. The van der Waals surface area contributed by atoms with Gasteiger partial charge in [0, 0.05) is 61.5 Å². The number of aliphatic hydroxyl groups is 1. The van der Waals surface area contributed by atoms with Crippen LogP contribution in [0.25, 0.3) is 32.6 Å². The zero-order valence-corrected chi connectivity index (χ0v) is 55.6. The minimum atomic E-state index is -4.38. The average Bonchev–Trinajstić information content (AvgIpc) is 1.25. The highest BCUT2D eigenvalue weighted by atomic mass is 32.2. The Morgan fingerprint density at radius 1 is 0.625 bits per heavy atom. The van der Waals surface area contributed by atoms with Crippen molar-refractivity contribution in [3.8, 4) is 17.2 Å². The number of carbonyl (C=O) groups excluding carboxylic acids is 4. The molecule has 6 atom stereocenters. The molecule has 96 heavy (non-hydrogen) atoms. The number of hydrogen-bond donors (Lipinski definition) is 5. The predicted octanol–water partition coefficient (Wildman–Crippen LogP) is 9.37. The summed E-state index contributed by atoms with van der Waals surface area (Å²) in [5.41, 5.74) is 1.88. The number of ether oxygens (including phenoxy) is 4. The van der Waals surface area contributed by atoms with Crippen molar-refractivity contribution in [2.24, 2.45) is 11.8 Å². The molecule has 8 aromatic carbocycles. The molecule has 0 radical (unpaired) electrons. The van der Waals surface area contributed by atoms with Gasteiger partial charge in [0.25, 0.3) is 11.8 Å². The van der Waals surface area contributed by atoms with Gasteiger partial charge in [-0.3, -0.25) is 14.4 Å². The molecule has 9 aromatic rings. The molecule has 0 spiro atoms. The molecule has 24 nitrogen and oxygen atoms in total. The normalized spacial score (nSPS) is 17.5. The summed E-state index contributed by atoms with van der Waals surface area (Å²) in [6.07, 6.45) is -1.85. The molecule has 0 saturated carbocycles. The van der Waals surface area contributed by atoms with E-state index in [4.69, 9.17) is 23.4 Å². The molecule has 2 aliphatic heterocycles. The lowest BCUT2D eigenvalue weighted by atomic mass is 9.99. The van der Waals surface area contributed by atoms with Crippen molar-refractivity contribution in [1.82, 2.24) is 23.0 Å². The lowest BCUT2D eigenvalue weighted by Crippen LogP contribution is -2.50. The summed E-state index contributed by atoms with van der Waals surface area (Å²) < 4.78 is 91.7. The maximum absolute atomic E-state index is 14.9. The van der Waals surface area contributed by atoms with Crippen molar-refractivity contribution in [2.45, 2.75) is 68.5 Å². The standard InChI is InChI=1S/C70H75N9O15S2/c1-43-36-77(45(3)40-80)67(82)53-25-17-29-57(74-69(84)73-55-27-15-21-48-19-9-11-23-51(48)55)66(53)93-61(43)38-75(5)95(86,87)49-32-33-58-60(34-49)94-70(85)79(58)42-91-41-46(4)78-37-44(2)62(39-76(6)96(88,89)63-31-13-12-30-59(63)90-7)92-65-52(68(78)83)24-16-28-56(65)72-64(81)35-71-54-26-14-20-47-18-8-10-22-50(47)54/h8-34,43-46,61-62,71,80H,35-42H2,1-7H3,(H,72,81)(H2,73,74,84). The number of amides is 5. The van der Waals surface area contributed by atoms with Gasteiger partial charge in [-0.05, 0) is 85.3 Å². The molecule has 0 bridgehead atoms. The number of nitrogens with one attached hydrogen (secondary N) is 4. The second-order valence-electron chi connectivity index (χ2n) is 24.1. The fraction of sp³-hybridized carbons (Fsp3) is 0.300. The van der Waals surface area contributed by atoms with Crippen LogP contribution in [0.2, 0.25) is 0 Å². The number of rotatable bonds is 22. The van der Waals surface area contributed by atoms with Crippen LogP contribution in [0.5, 0.6) is 17.2 Å². The van der Waals surface area contributed by atoms with Gasteiger partial charge in [-0.25, -0.2) is 31.0 Å². The van der Waals surface area contributed by atoms with Crippen molar-refractivity contribution < 1.29 is 64.5 Å². The molecule has 502 valence electrons. The van der Waals surface area contributed by atoms with Crippen LogP contribution in [0.15, 0.2) is 183 Å². The van der Waals surface area contributed by atoms with Crippen LogP contribution in [-0.4, -0.2) is 160 Å². The minimum absolute atomic E-state index is 0.00358. The van der Waals surface area contributed by atoms with Crippen LogP contribution >= 0.6 is 0 Å². The van der Waals surface area contributed by atoms with E-state index < -0.39 is 85.7 Å². The number of aliphatic hydroxyl groups excluding tert-OH is 1. The number of methoxy groups -OCH3 is 1. The van der Waals surface area contributed by atoms with Crippen molar-refractivity contribution in [2.75, 3.05) is 88.4 Å². The molecule has 0 saturated heterocycles. The van der Waals surface area contributed by atoms with E-state index in [9.17, 15) is 45.9 Å². The van der Waals surface area contributed by atoms with Gasteiger partial charge in [0.15, 0.2) is 17.1 Å². The average molecular weight is 1350 g/mol. The van der Waals surface area contributed by atoms with E-state index in [1.165, 1.54) is 61.0 Å². The van der Waals surface area contributed by atoms with Gasteiger partial charge < -0.3 is 59.5 Å². The number of nitrogens with zero attached hydrogens (tertiary/aromatic N) is 5. The topological polar surface area (TPSA) is 290 Å². The Morgan fingerprint density at radius 3 is 1.75 bits per heavy atom. The van der Waals surface area contributed by atoms with E-state index in [0.717, 1.165) is 35.8 Å². The van der Waals surface area contributed by atoms with Crippen LogP contribution in [0.3, 0.4) is 0 Å². The Hall–Kier alpha value is -9.83.